The fraction of sp³-hybridized carbons (Fsp3) is 0.381. The van der Waals surface area contributed by atoms with Gasteiger partial charge in [-0.1, -0.05) is 50.2 Å². The first-order valence-electron chi connectivity index (χ1n) is 8.70. The molecule has 1 unspecified atom stereocenters. The van der Waals surface area contributed by atoms with E-state index in [-0.39, 0.29) is 12.0 Å². The van der Waals surface area contributed by atoms with Gasteiger partial charge in [0.05, 0.1) is 6.61 Å². The third-order valence-corrected chi connectivity index (χ3v) is 4.40. The normalized spacial score (nSPS) is 16.7. The van der Waals surface area contributed by atoms with Gasteiger partial charge in [-0.25, -0.2) is 0 Å². The zero-order valence-corrected chi connectivity index (χ0v) is 14.4. The van der Waals surface area contributed by atoms with Gasteiger partial charge in [0.1, 0.15) is 6.10 Å². The van der Waals surface area contributed by atoms with E-state index >= 15 is 0 Å². The van der Waals surface area contributed by atoms with Gasteiger partial charge in [-0.15, -0.1) is 0 Å². The molecule has 1 aliphatic heterocycles. The zero-order chi connectivity index (χ0) is 16.9. The van der Waals surface area contributed by atoms with Crippen LogP contribution in [0.25, 0.3) is 0 Å². The molecule has 3 heteroatoms. The molecule has 0 aromatic heterocycles. The molecule has 1 amide bonds. The lowest BCUT2D eigenvalue weighted by molar-refractivity contribution is 0.0411. The predicted octanol–water partition coefficient (Wildman–Crippen LogP) is 3.93. The van der Waals surface area contributed by atoms with Gasteiger partial charge in [0.15, 0.2) is 0 Å². The summed E-state index contributed by atoms with van der Waals surface area (Å²) in [5, 5.41) is 3.01. The summed E-state index contributed by atoms with van der Waals surface area (Å²) in [6.45, 7) is 5.61. The first-order valence-corrected chi connectivity index (χ1v) is 8.70. The van der Waals surface area contributed by atoms with Crippen molar-refractivity contribution in [1.29, 1.82) is 0 Å². The van der Waals surface area contributed by atoms with Crippen LogP contribution in [0, 0.1) is 5.92 Å². The Morgan fingerprint density at radius 2 is 1.92 bits per heavy atom. The molecule has 1 atom stereocenters. The maximum absolute atomic E-state index is 12.4. The number of benzene rings is 2. The van der Waals surface area contributed by atoms with Crippen LogP contribution >= 0.6 is 0 Å². The van der Waals surface area contributed by atoms with Gasteiger partial charge in [0.25, 0.3) is 5.91 Å². The monoisotopic (exact) mass is 323 g/mol. The average Bonchev–Trinajstić information content (AvgIpc) is 2.59. The topological polar surface area (TPSA) is 38.3 Å². The molecule has 0 saturated carbocycles. The van der Waals surface area contributed by atoms with E-state index in [1.807, 2.05) is 30.3 Å². The largest absolute Gasteiger partial charge is 0.371 e. The molecular formula is C21H25NO2. The Morgan fingerprint density at radius 3 is 2.67 bits per heavy atom. The van der Waals surface area contributed by atoms with E-state index in [1.54, 1.807) is 0 Å². The highest BCUT2D eigenvalue weighted by Crippen LogP contribution is 2.26. The average molecular weight is 323 g/mol. The van der Waals surface area contributed by atoms with E-state index in [9.17, 15) is 4.79 Å². The van der Waals surface area contributed by atoms with Crippen LogP contribution in [0.1, 0.15) is 47.0 Å². The Bertz CT molecular complexity index is 691. The van der Waals surface area contributed by atoms with E-state index in [0.29, 0.717) is 24.6 Å². The highest BCUT2D eigenvalue weighted by Gasteiger charge is 2.21. The van der Waals surface area contributed by atoms with E-state index in [4.69, 9.17) is 4.74 Å². The molecule has 0 aliphatic carbocycles. The van der Waals surface area contributed by atoms with Crippen LogP contribution in [0.3, 0.4) is 0 Å². The van der Waals surface area contributed by atoms with Gasteiger partial charge in [-0.3, -0.25) is 4.79 Å². The van der Waals surface area contributed by atoms with E-state index < -0.39 is 0 Å². The highest BCUT2D eigenvalue weighted by molar-refractivity contribution is 5.94. The summed E-state index contributed by atoms with van der Waals surface area (Å²) >= 11 is 0. The van der Waals surface area contributed by atoms with Crippen molar-refractivity contribution in [2.75, 3.05) is 13.2 Å². The van der Waals surface area contributed by atoms with Gasteiger partial charge in [-0.2, -0.15) is 0 Å². The van der Waals surface area contributed by atoms with Crippen LogP contribution in [0.15, 0.2) is 48.5 Å². The summed E-state index contributed by atoms with van der Waals surface area (Å²) in [5.74, 6) is 0.575. The molecule has 3 nitrogen and oxygen atoms in total. The standard InChI is InChI=1S/C21H25NO2/c1-15(2)13-16-7-9-18(10-8-16)21(23)22-14-20-19-6-4-3-5-17(19)11-12-24-20/h3-10,15,20H,11-14H2,1-2H3,(H,22,23). The number of hydrogen-bond donors (Lipinski definition) is 1. The molecule has 2 aromatic rings. The Hall–Kier alpha value is -2.13. The molecule has 0 fully saturated rings. The van der Waals surface area contributed by atoms with Crippen molar-refractivity contribution < 1.29 is 9.53 Å². The van der Waals surface area contributed by atoms with E-state index in [2.05, 4.69) is 37.4 Å². The summed E-state index contributed by atoms with van der Waals surface area (Å²) in [4.78, 5) is 12.4. The number of amides is 1. The fourth-order valence-corrected chi connectivity index (χ4v) is 3.20. The number of carbonyl (C=O) groups excluding carboxylic acids is 1. The molecule has 1 aliphatic rings. The van der Waals surface area contributed by atoms with Crippen LogP contribution in [0.5, 0.6) is 0 Å². The predicted molar refractivity (Wildman–Crippen MR) is 96.2 cm³/mol. The smallest absolute Gasteiger partial charge is 0.251 e. The van der Waals surface area contributed by atoms with Crippen molar-refractivity contribution in [2.24, 2.45) is 5.92 Å². The van der Waals surface area contributed by atoms with Crippen LogP contribution in [-0.4, -0.2) is 19.1 Å². The first-order chi connectivity index (χ1) is 11.6. The molecule has 2 aromatic carbocycles. The Kier molecular flexibility index (Phi) is 5.31. The zero-order valence-electron chi connectivity index (χ0n) is 14.4. The van der Waals surface area contributed by atoms with Gasteiger partial charge >= 0.3 is 0 Å². The minimum atomic E-state index is -0.0564. The number of ether oxygens (including phenoxy) is 1. The molecule has 24 heavy (non-hydrogen) atoms. The van der Waals surface area contributed by atoms with Crippen LogP contribution in [0.2, 0.25) is 0 Å². The molecule has 0 bridgehead atoms. The second-order valence-corrected chi connectivity index (χ2v) is 6.81. The molecule has 0 saturated heterocycles. The fourth-order valence-electron chi connectivity index (χ4n) is 3.20. The van der Waals surface area contributed by atoms with Crippen molar-refractivity contribution in [2.45, 2.75) is 32.8 Å². The number of carbonyl (C=O) groups is 1. The lowest BCUT2D eigenvalue weighted by Crippen LogP contribution is -2.31. The third kappa shape index (κ3) is 4.04. The van der Waals surface area contributed by atoms with E-state index in [1.165, 1.54) is 16.7 Å². The Labute approximate surface area is 144 Å². The van der Waals surface area contributed by atoms with Crippen molar-refractivity contribution in [3.05, 3.63) is 70.8 Å². The third-order valence-electron chi connectivity index (χ3n) is 4.40. The summed E-state index contributed by atoms with van der Waals surface area (Å²) < 4.78 is 5.84. The lowest BCUT2D eigenvalue weighted by atomic mass is 9.97. The maximum atomic E-state index is 12.4. The molecule has 126 valence electrons. The number of fused-ring (bicyclic) bond motifs is 1. The van der Waals surface area contributed by atoms with Gasteiger partial charge in [0.2, 0.25) is 0 Å². The number of hydrogen-bond acceptors (Lipinski definition) is 2. The minimum absolute atomic E-state index is 0.0437. The number of rotatable bonds is 5. The van der Waals surface area contributed by atoms with E-state index in [0.717, 1.165) is 12.8 Å². The molecule has 3 rings (SSSR count). The van der Waals surface area contributed by atoms with Crippen molar-refractivity contribution in [1.82, 2.24) is 5.32 Å². The number of nitrogens with one attached hydrogen (secondary N) is 1. The molecule has 1 heterocycles. The minimum Gasteiger partial charge on any atom is -0.371 e. The molecule has 0 spiro atoms. The SMILES string of the molecule is CC(C)Cc1ccc(C(=O)NCC2OCCc3ccccc32)cc1. The van der Waals surface area contributed by atoms with Gasteiger partial charge < -0.3 is 10.1 Å². The van der Waals surface area contributed by atoms with Crippen molar-refractivity contribution >= 4 is 5.91 Å². The molecule has 0 radical (unpaired) electrons. The maximum Gasteiger partial charge on any atom is 0.251 e. The molecular weight excluding hydrogens is 298 g/mol. The second-order valence-electron chi connectivity index (χ2n) is 6.81. The summed E-state index contributed by atoms with van der Waals surface area (Å²) in [6, 6.07) is 16.2. The molecule has 1 N–H and O–H groups in total. The van der Waals surface area contributed by atoms with Crippen LogP contribution in [-0.2, 0) is 17.6 Å². The van der Waals surface area contributed by atoms with Crippen molar-refractivity contribution in [3.8, 4) is 0 Å². The second kappa shape index (κ2) is 7.63. The summed E-state index contributed by atoms with van der Waals surface area (Å²) in [5.41, 5.74) is 4.48. The highest BCUT2D eigenvalue weighted by atomic mass is 16.5. The summed E-state index contributed by atoms with van der Waals surface area (Å²) in [6.07, 6.45) is 1.92. The van der Waals surface area contributed by atoms with Gasteiger partial charge in [-0.05, 0) is 47.6 Å². The summed E-state index contributed by atoms with van der Waals surface area (Å²) in [7, 11) is 0. The van der Waals surface area contributed by atoms with Gasteiger partial charge in [0, 0.05) is 12.1 Å². The van der Waals surface area contributed by atoms with Crippen LogP contribution < -0.4 is 5.32 Å². The quantitative estimate of drug-likeness (QED) is 0.905. The van der Waals surface area contributed by atoms with Crippen molar-refractivity contribution in [3.63, 3.8) is 0 Å². The Morgan fingerprint density at radius 1 is 1.17 bits per heavy atom. The Balaban J connectivity index is 1.60. The lowest BCUT2D eigenvalue weighted by Gasteiger charge is -2.26. The first kappa shape index (κ1) is 16.7. The van der Waals surface area contributed by atoms with Crippen LogP contribution in [0.4, 0.5) is 0 Å².